The van der Waals surface area contributed by atoms with E-state index in [4.69, 9.17) is 15.2 Å². The van der Waals surface area contributed by atoms with Crippen LogP contribution in [-0.2, 0) is 0 Å². The van der Waals surface area contributed by atoms with Crippen LogP contribution in [0, 0.1) is 5.92 Å². The lowest BCUT2D eigenvalue weighted by molar-refractivity contribution is 0.171. The predicted molar refractivity (Wildman–Crippen MR) is 76.0 cm³/mol. The summed E-state index contributed by atoms with van der Waals surface area (Å²) >= 11 is 0. The molecule has 0 bridgehead atoms. The number of hydrogen-bond donors (Lipinski definition) is 1. The summed E-state index contributed by atoms with van der Waals surface area (Å²) < 4.78 is 11.2. The molecule has 0 aliphatic carbocycles. The van der Waals surface area contributed by atoms with E-state index >= 15 is 0 Å². The maximum absolute atomic E-state index is 5.89. The first-order valence-electron chi connectivity index (χ1n) is 7.00. The molecule has 0 radical (unpaired) electrons. The number of nitrogens with two attached hydrogens (primary N) is 1. The molecule has 19 heavy (non-hydrogen) atoms. The standard InChI is InChI=1S/C15H22N2O2/c1-15(2)11(10-16)5-6-17(15)12-3-4-13-14(9-12)19-8-7-18-13/h3-4,9,11H,5-8,10,16H2,1-2H3. The van der Waals surface area contributed by atoms with Crippen LogP contribution in [0.15, 0.2) is 18.2 Å². The van der Waals surface area contributed by atoms with Crippen LogP contribution in [0.5, 0.6) is 11.5 Å². The molecule has 4 nitrogen and oxygen atoms in total. The number of ether oxygens (including phenoxy) is 2. The molecule has 0 saturated carbocycles. The van der Waals surface area contributed by atoms with E-state index in [1.807, 2.05) is 6.07 Å². The third kappa shape index (κ3) is 2.04. The molecule has 2 heterocycles. The SMILES string of the molecule is CC1(C)C(CN)CCN1c1ccc2c(c1)OCCO2. The summed E-state index contributed by atoms with van der Waals surface area (Å²) in [6.45, 7) is 7.60. The summed E-state index contributed by atoms with van der Waals surface area (Å²) in [7, 11) is 0. The molecule has 1 fully saturated rings. The average molecular weight is 262 g/mol. The molecule has 104 valence electrons. The summed E-state index contributed by atoms with van der Waals surface area (Å²) in [6, 6.07) is 6.22. The van der Waals surface area contributed by atoms with Crippen LogP contribution < -0.4 is 20.1 Å². The zero-order chi connectivity index (χ0) is 13.5. The van der Waals surface area contributed by atoms with Gasteiger partial charge >= 0.3 is 0 Å². The molecule has 1 atom stereocenters. The van der Waals surface area contributed by atoms with Crippen molar-refractivity contribution in [3.8, 4) is 11.5 Å². The Balaban J connectivity index is 1.90. The van der Waals surface area contributed by atoms with Gasteiger partial charge in [-0.15, -0.1) is 0 Å². The number of benzene rings is 1. The van der Waals surface area contributed by atoms with Crippen molar-refractivity contribution < 1.29 is 9.47 Å². The summed E-state index contributed by atoms with van der Waals surface area (Å²) in [5.74, 6) is 2.25. The number of fused-ring (bicyclic) bond motifs is 1. The van der Waals surface area contributed by atoms with Gasteiger partial charge in [-0.1, -0.05) is 0 Å². The van der Waals surface area contributed by atoms with E-state index in [0.717, 1.165) is 31.0 Å². The molecule has 2 aliphatic rings. The summed E-state index contributed by atoms with van der Waals surface area (Å²) in [5, 5.41) is 0. The van der Waals surface area contributed by atoms with Crippen LogP contribution in [-0.4, -0.2) is 31.8 Å². The number of anilines is 1. The van der Waals surface area contributed by atoms with Gasteiger partial charge < -0.3 is 20.1 Å². The topological polar surface area (TPSA) is 47.7 Å². The Morgan fingerprint density at radius 1 is 1.26 bits per heavy atom. The van der Waals surface area contributed by atoms with Crippen molar-refractivity contribution in [1.82, 2.24) is 0 Å². The second kappa shape index (κ2) is 4.60. The first kappa shape index (κ1) is 12.6. The Morgan fingerprint density at radius 2 is 2.00 bits per heavy atom. The highest BCUT2D eigenvalue weighted by molar-refractivity contribution is 5.59. The van der Waals surface area contributed by atoms with Gasteiger partial charge in [0.1, 0.15) is 13.2 Å². The molecule has 1 aromatic rings. The van der Waals surface area contributed by atoms with Crippen molar-refractivity contribution in [3.63, 3.8) is 0 Å². The van der Waals surface area contributed by atoms with Crippen LogP contribution in [0.2, 0.25) is 0 Å². The van der Waals surface area contributed by atoms with Gasteiger partial charge in [-0.05, 0) is 44.9 Å². The monoisotopic (exact) mass is 262 g/mol. The normalized spacial score (nSPS) is 24.6. The molecule has 1 saturated heterocycles. The fourth-order valence-corrected chi connectivity index (χ4v) is 3.21. The molecule has 1 unspecified atom stereocenters. The van der Waals surface area contributed by atoms with E-state index in [2.05, 4.69) is 30.9 Å². The van der Waals surface area contributed by atoms with Crippen molar-refractivity contribution >= 4 is 5.69 Å². The second-order valence-corrected chi connectivity index (χ2v) is 5.85. The van der Waals surface area contributed by atoms with E-state index in [1.54, 1.807) is 0 Å². The van der Waals surface area contributed by atoms with Crippen molar-refractivity contribution in [3.05, 3.63) is 18.2 Å². The van der Waals surface area contributed by atoms with Crippen LogP contribution in [0.25, 0.3) is 0 Å². The fourth-order valence-electron chi connectivity index (χ4n) is 3.21. The zero-order valence-corrected chi connectivity index (χ0v) is 11.7. The van der Waals surface area contributed by atoms with Crippen LogP contribution in [0.3, 0.4) is 0 Å². The highest BCUT2D eigenvalue weighted by Gasteiger charge is 2.40. The van der Waals surface area contributed by atoms with Gasteiger partial charge in [0, 0.05) is 23.8 Å². The van der Waals surface area contributed by atoms with Crippen molar-refractivity contribution in [2.24, 2.45) is 11.7 Å². The lowest BCUT2D eigenvalue weighted by atomic mass is 9.88. The molecule has 2 aliphatic heterocycles. The van der Waals surface area contributed by atoms with Gasteiger partial charge in [0.2, 0.25) is 0 Å². The van der Waals surface area contributed by atoms with Gasteiger partial charge in [-0.3, -0.25) is 0 Å². The zero-order valence-electron chi connectivity index (χ0n) is 11.7. The molecule has 0 spiro atoms. The van der Waals surface area contributed by atoms with Gasteiger partial charge in [0.25, 0.3) is 0 Å². The first-order chi connectivity index (χ1) is 9.13. The van der Waals surface area contributed by atoms with Gasteiger partial charge in [-0.2, -0.15) is 0 Å². The maximum Gasteiger partial charge on any atom is 0.163 e. The largest absolute Gasteiger partial charge is 0.486 e. The summed E-state index contributed by atoms with van der Waals surface area (Å²) in [5.41, 5.74) is 7.18. The van der Waals surface area contributed by atoms with Crippen molar-refractivity contribution in [2.75, 3.05) is 31.2 Å². The molecule has 1 aromatic carbocycles. The quantitative estimate of drug-likeness (QED) is 0.886. The molecule has 2 N–H and O–H groups in total. The van der Waals surface area contributed by atoms with Crippen molar-refractivity contribution in [2.45, 2.75) is 25.8 Å². The minimum absolute atomic E-state index is 0.0957. The summed E-state index contributed by atoms with van der Waals surface area (Å²) in [6.07, 6.45) is 1.15. The maximum atomic E-state index is 5.89. The first-order valence-corrected chi connectivity index (χ1v) is 7.00. The van der Waals surface area contributed by atoms with E-state index in [9.17, 15) is 0 Å². The Bertz CT molecular complexity index is 473. The highest BCUT2D eigenvalue weighted by Crippen LogP contribution is 2.41. The Kier molecular flexibility index (Phi) is 3.05. The second-order valence-electron chi connectivity index (χ2n) is 5.85. The van der Waals surface area contributed by atoms with E-state index in [-0.39, 0.29) is 5.54 Å². The molecule has 4 heteroatoms. The Hall–Kier alpha value is -1.42. The smallest absolute Gasteiger partial charge is 0.163 e. The van der Waals surface area contributed by atoms with Gasteiger partial charge in [0.05, 0.1) is 0 Å². The van der Waals surface area contributed by atoms with Crippen LogP contribution >= 0.6 is 0 Å². The van der Waals surface area contributed by atoms with Gasteiger partial charge in [-0.25, -0.2) is 0 Å². The number of rotatable bonds is 2. The molecule has 3 rings (SSSR count). The van der Waals surface area contributed by atoms with Gasteiger partial charge in [0.15, 0.2) is 11.5 Å². The number of hydrogen-bond acceptors (Lipinski definition) is 4. The highest BCUT2D eigenvalue weighted by atomic mass is 16.6. The Morgan fingerprint density at radius 3 is 2.68 bits per heavy atom. The predicted octanol–water partition coefficient (Wildman–Crippen LogP) is 2.02. The van der Waals surface area contributed by atoms with Crippen LogP contribution in [0.4, 0.5) is 5.69 Å². The van der Waals surface area contributed by atoms with E-state index < -0.39 is 0 Å². The molecule has 0 aromatic heterocycles. The van der Waals surface area contributed by atoms with Crippen LogP contribution in [0.1, 0.15) is 20.3 Å². The van der Waals surface area contributed by atoms with E-state index in [0.29, 0.717) is 19.1 Å². The molecule has 0 amide bonds. The lowest BCUT2D eigenvalue weighted by Crippen LogP contribution is -2.44. The third-order valence-electron chi connectivity index (χ3n) is 4.52. The average Bonchev–Trinajstić information content (AvgIpc) is 2.72. The minimum atomic E-state index is 0.0957. The summed E-state index contributed by atoms with van der Waals surface area (Å²) in [4.78, 5) is 2.43. The Labute approximate surface area is 114 Å². The minimum Gasteiger partial charge on any atom is -0.486 e. The lowest BCUT2D eigenvalue weighted by Gasteiger charge is -2.37. The molecular formula is C15H22N2O2. The number of nitrogens with zero attached hydrogens (tertiary/aromatic N) is 1. The third-order valence-corrected chi connectivity index (χ3v) is 4.52. The van der Waals surface area contributed by atoms with E-state index in [1.165, 1.54) is 5.69 Å². The molecular weight excluding hydrogens is 240 g/mol. The fraction of sp³-hybridized carbons (Fsp3) is 0.600. The van der Waals surface area contributed by atoms with Crippen molar-refractivity contribution in [1.29, 1.82) is 0 Å².